The lowest BCUT2D eigenvalue weighted by Crippen LogP contribution is -2.60. The van der Waals surface area contributed by atoms with Crippen LogP contribution in [0.3, 0.4) is 0 Å². The maximum absolute atomic E-state index is 12.6. The number of hydrogen-bond acceptors (Lipinski definition) is 3. The van der Waals surface area contributed by atoms with E-state index in [9.17, 15) is 14.7 Å². The van der Waals surface area contributed by atoms with Gasteiger partial charge in [0.25, 0.3) is 5.91 Å². The molecule has 1 amide bonds. The van der Waals surface area contributed by atoms with Gasteiger partial charge in [0, 0.05) is 12.7 Å². The Labute approximate surface area is 124 Å². The molecule has 1 aromatic heterocycles. The van der Waals surface area contributed by atoms with E-state index in [1.54, 1.807) is 18.7 Å². The van der Waals surface area contributed by atoms with Gasteiger partial charge in [-0.25, -0.2) is 4.79 Å². The summed E-state index contributed by atoms with van der Waals surface area (Å²) in [7, 11) is 1.77. The van der Waals surface area contributed by atoms with Crippen LogP contribution in [0.5, 0.6) is 0 Å². The number of carbonyl (C=O) groups excluding carboxylic acids is 1. The number of aromatic nitrogens is 2. The van der Waals surface area contributed by atoms with Crippen molar-refractivity contribution in [3.63, 3.8) is 0 Å². The Morgan fingerprint density at radius 2 is 2.05 bits per heavy atom. The molecule has 1 aliphatic rings. The normalized spacial score (nSPS) is 25.6. The molecule has 2 unspecified atom stereocenters. The molecule has 0 radical (unpaired) electrons. The van der Waals surface area contributed by atoms with Crippen LogP contribution in [0.2, 0.25) is 0 Å². The zero-order valence-corrected chi connectivity index (χ0v) is 13.1. The van der Waals surface area contributed by atoms with Crippen molar-refractivity contribution >= 4 is 11.9 Å². The first-order chi connectivity index (χ1) is 9.79. The van der Waals surface area contributed by atoms with Crippen molar-refractivity contribution in [1.29, 1.82) is 0 Å². The van der Waals surface area contributed by atoms with Crippen LogP contribution in [-0.4, -0.2) is 32.3 Å². The highest BCUT2D eigenvalue weighted by atomic mass is 16.4. The van der Waals surface area contributed by atoms with Crippen LogP contribution in [0.1, 0.15) is 54.4 Å². The quantitative estimate of drug-likeness (QED) is 0.890. The van der Waals surface area contributed by atoms with E-state index >= 15 is 0 Å². The van der Waals surface area contributed by atoms with Crippen LogP contribution in [-0.2, 0) is 11.8 Å². The van der Waals surface area contributed by atoms with E-state index in [4.69, 9.17) is 0 Å². The van der Waals surface area contributed by atoms with Crippen molar-refractivity contribution in [3.05, 3.63) is 17.0 Å². The van der Waals surface area contributed by atoms with Crippen molar-refractivity contribution in [3.8, 4) is 0 Å². The molecule has 0 spiro atoms. The second-order valence-corrected chi connectivity index (χ2v) is 6.05. The van der Waals surface area contributed by atoms with Gasteiger partial charge in [-0.3, -0.25) is 9.48 Å². The number of amides is 1. The van der Waals surface area contributed by atoms with E-state index in [1.165, 1.54) is 0 Å². The lowest BCUT2D eigenvalue weighted by atomic mass is 9.73. The van der Waals surface area contributed by atoms with Crippen LogP contribution in [0.15, 0.2) is 0 Å². The van der Waals surface area contributed by atoms with Crippen molar-refractivity contribution in [1.82, 2.24) is 15.1 Å². The lowest BCUT2D eigenvalue weighted by Gasteiger charge is -2.39. The highest BCUT2D eigenvalue weighted by molar-refractivity contribution is 5.99. The summed E-state index contributed by atoms with van der Waals surface area (Å²) in [6.45, 7) is 5.48. The van der Waals surface area contributed by atoms with Gasteiger partial charge in [-0.15, -0.1) is 0 Å². The van der Waals surface area contributed by atoms with E-state index in [2.05, 4.69) is 10.4 Å². The van der Waals surface area contributed by atoms with Gasteiger partial charge in [0.05, 0.1) is 11.3 Å². The number of aliphatic carboxylic acids is 1. The first-order valence-corrected chi connectivity index (χ1v) is 7.35. The maximum atomic E-state index is 12.6. The fourth-order valence-corrected chi connectivity index (χ4v) is 3.27. The van der Waals surface area contributed by atoms with E-state index in [-0.39, 0.29) is 11.8 Å². The summed E-state index contributed by atoms with van der Waals surface area (Å²) in [4.78, 5) is 24.4. The molecule has 2 rings (SSSR count). The molecule has 1 aromatic rings. The van der Waals surface area contributed by atoms with Crippen LogP contribution in [0.25, 0.3) is 0 Å². The minimum atomic E-state index is -1.16. The highest BCUT2D eigenvalue weighted by Crippen LogP contribution is 2.34. The minimum Gasteiger partial charge on any atom is -0.479 e. The molecule has 21 heavy (non-hydrogen) atoms. The molecule has 0 aliphatic heterocycles. The topological polar surface area (TPSA) is 84.2 Å². The SMILES string of the molecule is Cc1nn(C)c(C)c1C(=O)NC1(C(=O)O)CCCCC1C. The predicted octanol–water partition coefficient (Wildman–Crippen LogP) is 1.80. The van der Waals surface area contributed by atoms with E-state index in [0.717, 1.165) is 25.0 Å². The Kier molecular flexibility index (Phi) is 4.07. The molecule has 6 heteroatoms. The first kappa shape index (κ1) is 15.5. The summed E-state index contributed by atoms with van der Waals surface area (Å²) in [5, 5.41) is 16.7. The zero-order valence-electron chi connectivity index (χ0n) is 13.1. The number of aryl methyl sites for hydroxylation is 2. The first-order valence-electron chi connectivity index (χ1n) is 7.35. The fraction of sp³-hybridized carbons (Fsp3) is 0.667. The molecule has 1 heterocycles. The molecular weight excluding hydrogens is 270 g/mol. The van der Waals surface area contributed by atoms with Crippen LogP contribution >= 0.6 is 0 Å². The molecule has 1 fully saturated rings. The average molecular weight is 293 g/mol. The maximum Gasteiger partial charge on any atom is 0.329 e. The number of carbonyl (C=O) groups is 2. The van der Waals surface area contributed by atoms with E-state index in [0.29, 0.717) is 17.7 Å². The molecule has 0 bridgehead atoms. The Morgan fingerprint density at radius 1 is 1.38 bits per heavy atom. The minimum absolute atomic E-state index is 0.0787. The van der Waals surface area contributed by atoms with Gasteiger partial charge in [0.2, 0.25) is 0 Å². The fourth-order valence-electron chi connectivity index (χ4n) is 3.27. The predicted molar refractivity (Wildman–Crippen MR) is 78.1 cm³/mol. The Balaban J connectivity index is 2.33. The summed E-state index contributed by atoms with van der Waals surface area (Å²) < 4.78 is 1.64. The van der Waals surface area contributed by atoms with Gasteiger partial charge in [0.1, 0.15) is 5.54 Å². The van der Waals surface area contributed by atoms with Crippen molar-refractivity contribution < 1.29 is 14.7 Å². The number of hydrogen-bond donors (Lipinski definition) is 2. The smallest absolute Gasteiger partial charge is 0.329 e. The van der Waals surface area contributed by atoms with E-state index < -0.39 is 11.5 Å². The molecule has 116 valence electrons. The third kappa shape index (κ3) is 2.54. The molecule has 1 saturated carbocycles. The number of carboxylic acid groups (broad SMARTS) is 1. The van der Waals surface area contributed by atoms with Crippen LogP contribution in [0.4, 0.5) is 0 Å². The third-order valence-corrected chi connectivity index (χ3v) is 4.75. The zero-order chi connectivity index (χ0) is 15.8. The second-order valence-electron chi connectivity index (χ2n) is 6.05. The molecule has 2 atom stereocenters. The summed E-state index contributed by atoms with van der Waals surface area (Å²) in [6, 6.07) is 0. The molecule has 1 aliphatic carbocycles. The number of carboxylic acids is 1. The molecule has 2 N–H and O–H groups in total. The van der Waals surface area contributed by atoms with Gasteiger partial charge < -0.3 is 10.4 Å². The Morgan fingerprint density at radius 3 is 2.52 bits per heavy atom. The van der Waals surface area contributed by atoms with Gasteiger partial charge in [-0.1, -0.05) is 19.8 Å². The lowest BCUT2D eigenvalue weighted by molar-refractivity contribution is -0.148. The second kappa shape index (κ2) is 5.50. The monoisotopic (exact) mass is 293 g/mol. The average Bonchev–Trinajstić information content (AvgIpc) is 2.65. The number of rotatable bonds is 3. The Hall–Kier alpha value is -1.85. The molecule has 0 saturated heterocycles. The summed E-state index contributed by atoms with van der Waals surface area (Å²) in [5.74, 6) is -1.36. The van der Waals surface area contributed by atoms with E-state index in [1.807, 2.05) is 13.8 Å². The van der Waals surface area contributed by atoms with Crippen molar-refractivity contribution in [2.24, 2.45) is 13.0 Å². The standard InChI is InChI=1S/C15H23N3O3/c1-9-7-5-6-8-15(9,14(20)21)16-13(19)12-10(2)17-18(4)11(12)3/h9H,5-8H2,1-4H3,(H,16,19)(H,20,21). The Bertz CT molecular complexity index is 579. The van der Waals surface area contributed by atoms with Crippen LogP contribution < -0.4 is 5.32 Å². The van der Waals surface area contributed by atoms with Crippen LogP contribution in [0, 0.1) is 19.8 Å². The summed E-state index contributed by atoms with van der Waals surface area (Å²) >= 11 is 0. The highest BCUT2D eigenvalue weighted by Gasteiger charge is 2.46. The largest absolute Gasteiger partial charge is 0.479 e. The summed E-state index contributed by atoms with van der Waals surface area (Å²) in [6.07, 6.45) is 3.13. The van der Waals surface area contributed by atoms with Gasteiger partial charge in [-0.2, -0.15) is 5.10 Å². The summed E-state index contributed by atoms with van der Waals surface area (Å²) in [5.41, 5.74) is 0.686. The molecular formula is C15H23N3O3. The van der Waals surface area contributed by atoms with Crippen molar-refractivity contribution in [2.45, 2.75) is 52.0 Å². The molecule has 0 aromatic carbocycles. The van der Waals surface area contributed by atoms with Crippen molar-refractivity contribution in [2.75, 3.05) is 0 Å². The van der Waals surface area contributed by atoms with Gasteiger partial charge >= 0.3 is 5.97 Å². The number of nitrogens with one attached hydrogen (secondary N) is 1. The van der Waals surface area contributed by atoms with Gasteiger partial charge in [-0.05, 0) is 32.6 Å². The number of nitrogens with zero attached hydrogens (tertiary/aromatic N) is 2. The van der Waals surface area contributed by atoms with Gasteiger partial charge in [0.15, 0.2) is 0 Å². The third-order valence-electron chi connectivity index (χ3n) is 4.75. The molecule has 6 nitrogen and oxygen atoms in total.